The number of hydrogen-bond donors (Lipinski definition) is 4. The van der Waals surface area contributed by atoms with Gasteiger partial charge in [-0.15, -0.1) is 0 Å². The molecular formula is C63H100N4O4Zr2-2. The van der Waals surface area contributed by atoms with E-state index in [0.29, 0.717) is 28.9 Å². The largest absolute Gasteiger partial charge is 0.507 e. The molecule has 0 atom stereocenters. The molecule has 4 N–H and O–H groups in total. The van der Waals surface area contributed by atoms with E-state index in [4.69, 9.17) is 0 Å². The van der Waals surface area contributed by atoms with E-state index in [1.54, 1.807) is 53.0 Å². The van der Waals surface area contributed by atoms with Crippen molar-refractivity contribution in [1.29, 1.82) is 0 Å². The van der Waals surface area contributed by atoms with Crippen LogP contribution in [0.5, 0.6) is 23.0 Å². The van der Waals surface area contributed by atoms with Crippen LogP contribution in [-0.2, 0) is 91.3 Å². The summed E-state index contributed by atoms with van der Waals surface area (Å²) in [6.07, 6.45) is 7.76. The third-order valence-electron chi connectivity index (χ3n) is 11.6. The zero-order valence-electron chi connectivity index (χ0n) is 50.8. The summed E-state index contributed by atoms with van der Waals surface area (Å²) in [6.45, 7) is 45.0. The molecule has 0 spiro atoms. The SMILES string of the molecule is CN=Cc1c(C)cc(C(C)(C)C)cc1O.CN=Cc1cc(C(C)(C)C)cc(C(C)(C)C)c1O.CN=Cc1cc(C(C)(C)C)cc(C(C)(C)C)c1O.CN=Cc1cc(C(C)(C)C)cc(CC(C)C)c1O.[CH3-].[CH3-].[Zr].[Zr]. The summed E-state index contributed by atoms with van der Waals surface area (Å²) in [5, 5.41) is 40.9. The van der Waals surface area contributed by atoms with E-state index in [1.165, 1.54) is 16.7 Å². The van der Waals surface area contributed by atoms with Gasteiger partial charge in [-0.1, -0.05) is 163 Å². The first-order chi connectivity index (χ1) is 31.3. The number of aryl methyl sites for hydroxylation is 1. The number of benzene rings is 4. The van der Waals surface area contributed by atoms with Gasteiger partial charge >= 0.3 is 0 Å². The van der Waals surface area contributed by atoms with Crippen LogP contribution < -0.4 is 0 Å². The molecule has 0 aromatic heterocycles. The summed E-state index contributed by atoms with van der Waals surface area (Å²) in [5.41, 5.74) is 12.2. The molecule has 0 amide bonds. The van der Waals surface area contributed by atoms with E-state index in [-0.39, 0.29) is 99.8 Å². The van der Waals surface area contributed by atoms with E-state index >= 15 is 0 Å². The summed E-state index contributed by atoms with van der Waals surface area (Å²) in [5.74, 6) is 1.91. The molecule has 0 fully saturated rings. The van der Waals surface area contributed by atoms with Gasteiger partial charge in [0.1, 0.15) is 23.0 Å². The van der Waals surface area contributed by atoms with Crippen molar-refractivity contribution >= 4 is 24.9 Å². The van der Waals surface area contributed by atoms with Crippen molar-refractivity contribution in [3.8, 4) is 23.0 Å². The van der Waals surface area contributed by atoms with Gasteiger partial charge in [0.15, 0.2) is 0 Å². The minimum atomic E-state index is -0.0817. The average molecular weight is 1160 g/mol. The number of nitrogens with zero attached hydrogens (tertiary/aromatic N) is 4. The number of rotatable bonds is 6. The van der Waals surface area contributed by atoms with Crippen molar-refractivity contribution in [3.63, 3.8) is 0 Å². The van der Waals surface area contributed by atoms with Crippen LogP contribution in [0.2, 0.25) is 0 Å². The summed E-state index contributed by atoms with van der Waals surface area (Å²) in [7, 11) is 6.88. The Labute approximate surface area is 485 Å². The van der Waals surface area contributed by atoms with Crippen LogP contribution in [0.1, 0.15) is 205 Å². The van der Waals surface area contributed by atoms with E-state index in [1.807, 2.05) is 31.2 Å². The van der Waals surface area contributed by atoms with Crippen LogP contribution in [0, 0.1) is 27.7 Å². The minimum absolute atomic E-state index is 0. The van der Waals surface area contributed by atoms with Crippen molar-refractivity contribution in [2.24, 2.45) is 25.9 Å². The predicted octanol–water partition coefficient (Wildman–Crippen LogP) is 16.0. The Balaban J connectivity index is -0.000000428. The van der Waals surface area contributed by atoms with Gasteiger partial charge in [-0.25, -0.2) is 0 Å². The van der Waals surface area contributed by atoms with E-state index < -0.39 is 0 Å². The van der Waals surface area contributed by atoms with Gasteiger partial charge in [-0.3, -0.25) is 20.0 Å². The summed E-state index contributed by atoms with van der Waals surface area (Å²) < 4.78 is 0. The van der Waals surface area contributed by atoms with Crippen molar-refractivity contribution in [3.05, 3.63) is 130 Å². The van der Waals surface area contributed by atoms with Crippen LogP contribution >= 0.6 is 0 Å². The van der Waals surface area contributed by atoms with Gasteiger partial charge in [-0.2, -0.15) is 0 Å². The Morgan fingerprint density at radius 1 is 0.411 bits per heavy atom. The first-order valence-electron chi connectivity index (χ1n) is 24.4. The van der Waals surface area contributed by atoms with Crippen LogP contribution in [0.25, 0.3) is 0 Å². The number of phenols is 4. The molecular weight excluding hydrogens is 1060 g/mol. The molecule has 4 rings (SSSR count). The zero-order chi connectivity index (χ0) is 53.8. The monoisotopic (exact) mass is 1160 g/mol. The average Bonchev–Trinajstić information content (AvgIpc) is 3.17. The fourth-order valence-electron chi connectivity index (χ4n) is 7.29. The second-order valence-corrected chi connectivity index (χ2v) is 24.9. The normalized spacial score (nSPS) is 12.2. The fraction of sp³-hybridized carbons (Fsp3) is 0.524. The van der Waals surface area contributed by atoms with Crippen LogP contribution in [-0.4, -0.2) is 73.5 Å². The number of aliphatic imine (C=N–C) groups is 4. The van der Waals surface area contributed by atoms with Gasteiger partial charge in [-0.05, 0) is 109 Å². The van der Waals surface area contributed by atoms with Gasteiger partial charge in [0, 0.05) is 139 Å². The Bertz CT molecular complexity index is 2330. The maximum Gasteiger partial charge on any atom is 0.128 e. The van der Waals surface area contributed by atoms with Crippen molar-refractivity contribution in [2.45, 2.75) is 184 Å². The van der Waals surface area contributed by atoms with Gasteiger partial charge in [0.05, 0.1) is 0 Å². The third kappa shape index (κ3) is 24.0. The molecule has 0 aliphatic rings. The maximum absolute atomic E-state index is 10.4. The van der Waals surface area contributed by atoms with Crippen LogP contribution in [0.3, 0.4) is 0 Å². The minimum Gasteiger partial charge on any atom is -0.507 e. The van der Waals surface area contributed by atoms with Gasteiger partial charge in [0.2, 0.25) is 0 Å². The first-order valence-corrected chi connectivity index (χ1v) is 24.4. The van der Waals surface area contributed by atoms with Gasteiger partial charge < -0.3 is 35.3 Å². The quantitative estimate of drug-likeness (QED) is 0.113. The Kier molecular flexibility index (Phi) is 32.2. The molecule has 0 saturated carbocycles. The predicted molar refractivity (Wildman–Crippen MR) is 315 cm³/mol. The topological polar surface area (TPSA) is 130 Å². The fourth-order valence-corrected chi connectivity index (χ4v) is 7.29. The third-order valence-corrected chi connectivity index (χ3v) is 11.6. The van der Waals surface area contributed by atoms with Crippen molar-refractivity contribution < 1.29 is 72.8 Å². The maximum atomic E-state index is 10.4. The zero-order valence-corrected chi connectivity index (χ0v) is 55.7. The first kappa shape index (κ1) is 76.0. The second kappa shape index (κ2) is 30.9. The number of aromatic hydroxyl groups is 4. The summed E-state index contributed by atoms with van der Waals surface area (Å²) >= 11 is 0. The molecule has 0 unspecified atom stereocenters. The van der Waals surface area contributed by atoms with E-state index in [9.17, 15) is 20.4 Å². The standard InChI is InChI=1S/3C16H25NO.C13H19NO.2CH3.2Zr/c2*1-15(2,3)12-8-11(10-17-7)14(18)13(9-12)16(4,5)6;1-11(2)7-12-8-14(16(3,4)5)9-13(10-17-6)15(12)18;1-9-6-10(13(2,3)4)7-12(15)11(9)8-14-5;;;;/h2*8-10,18H,1-7H3;8-11,18H,7H2,1-6H3;6-8,15H,1-5H3;2*1H3;;/q;;;;2*-1;;. The van der Waals surface area contributed by atoms with E-state index in [0.717, 1.165) is 56.5 Å². The Morgan fingerprint density at radius 2 is 0.699 bits per heavy atom. The molecule has 0 aliphatic carbocycles. The number of hydrogen-bond acceptors (Lipinski definition) is 8. The van der Waals surface area contributed by atoms with Gasteiger partial charge in [0.25, 0.3) is 0 Å². The van der Waals surface area contributed by atoms with Crippen LogP contribution in [0.4, 0.5) is 0 Å². The molecule has 8 nitrogen and oxygen atoms in total. The second-order valence-electron chi connectivity index (χ2n) is 24.9. The molecule has 73 heavy (non-hydrogen) atoms. The molecule has 10 heteroatoms. The molecule has 0 radical (unpaired) electrons. The Hall–Kier alpha value is -3.47. The summed E-state index contributed by atoms with van der Waals surface area (Å²) in [6, 6.07) is 16.4. The van der Waals surface area contributed by atoms with Crippen molar-refractivity contribution in [2.75, 3.05) is 28.2 Å². The molecule has 0 aliphatic heterocycles. The van der Waals surface area contributed by atoms with Crippen LogP contribution in [0.15, 0.2) is 68.5 Å². The molecule has 0 heterocycles. The molecule has 406 valence electrons. The Morgan fingerprint density at radius 3 is 0.959 bits per heavy atom. The smallest absolute Gasteiger partial charge is 0.128 e. The number of phenolic OH excluding ortho intramolecular Hbond substituents is 4. The molecule has 0 saturated heterocycles. The van der Waals surface area contributed by atoms with E-state index in [2.05, 4.69) is 183 Å². The summed E-state index contributed by atoms with van der Waals surface area (Å²) in [4.78, 5) is 16.0. The molecule has 4 aromatic carbocycles. The molecule has 0 bridgehead atoms. The van der Waals surface area contributed by atoms with Crippen molar-refractivity contribution in [1.82, 2.24) is 0 Å². The molecule has 4 aromatic rings.